The molecule has 0 saturated heterocycles. The van der Waals surface area contributed by atoms with Gasteiger partial charge in [0, 0.05) is 12.8 Å². The SMILES string of the molecule is CCCCOc1ccc(CCC(=O)Nc2nnc(CCCC)s2)cc1OCC. The predicted octanol–water partition coefficient (Wildman–Crippen LogP) is 5.03. The first-order valence-electron chi connectivity index (χ1n) is 10.2. The van der Waals surface area contributed by atoms with Crippen molar-refractivity contribution in [1.82, 2.24) is 10.2 Å². The van der Waals surface area contributed by atoms with Gasteiger partial charge in [0.2, 0.25) is 11.0 Å². The Balaban J connectivity index is 1.87. The van der Waals surface area contributed by atoms with E-state index in [0.29, 0.717) is 31.2 Å². The zero-order valence-corrected chi connectivity index (χ0v) is 17.9. The molecule has 1 amide bonds. The van der Waals surface area contributed by atoms with E-state index in [2.05, 4.69) is 29.4 Å². The van der Waals surface area contributed by atoms with Crippen molar-refractivity contribution in [3.05, 3.63) is 28.8 Å². The van der Waals surface area contributed by atoms with Crippen LogP contribution >= 0.6 is 11.3 Å². The number of anilines is 1. The fraction of sp³-hybridized carbons (Fsp3) is 0.571. The van der Waals surface area contributed by atoms with Gasteiger partial charge in [0.25, 0.3) is 0 Å². The highest BCUT2D eigenvalue weighted by molar-refractivity contribution is 7.15. The highest BCUT2D eigenvalue weighted by atomic mass is 32.1. The molecule has 0 aliphatic heterocycles. The van der Waals surface area contributed by atoms with Crippen LogP contribution in [0.5, 0.6) is 11.5 Å². The van der Waals surface area contributed by atoms with E-state index in [-0.39, 0.29) is 5.91 Å². The van der Waals surface area contributed by atoms with Crippen LogP contribution in [0.15, 0.2) is 18.2 Å². The van der Waals surface area contributed by atoms with Crippen molar-refractivity contribution in [2.75, 3.05) is 18.5 Å². The number of carbonyl (C=O) groups is 1. The van der Waals surface area contributed by atoms with E-state index < -0.39 is 0 Å². The lowest BCUT2D eigenvalue weighted by molar-refractivity contribution is -0.116. The van der Waals surface area contributed by atoms with Crippen LogP contribution in [0.25, 0.3) is 0 Å². The van der Waals surface area contributed by atoms with Crippen LogP contribution in [0.3, 0.4) is 0 Å². The standard InChI is InChI=1S/C21H31N3O3S/c1-4-7-9-20-23-24-21(28-20)22-19(25)13-11-16-10-12-17(27-14-8-5-2)18(15-16)26-6-3/h10,12,15H,4-9,11,13-14H2,1-3H3,(H,22,24,25). The minimum Gasteiger partial charge on any atom is -0.490 e. The summed E-state index contributed by atoms with van der Waals surface area (Å²) in [6, 6.07) is 5.88. The number of benzene rings is 1. The molecule has 6 nitrogen and oxygen atoms in total. The zero-order chi connectivity index (χ0) is 20.2. The normalized spacial score (nSPS) is 10.7. The topological polar surface area (TPSA) is 73.3 Å². The first-order chi connectivity index (χ1) is 13.7. The minimum absolute atomic E-state index is 0.0561. The third-order valence-corrected chi connectivity index (χ3v) is 5.06. The highest BCUT2D eigenvalue weighted by Gasteiger charge is 2.11. The molecular formula is C21H31N3O3S. The van der Waals surface area contributed by atoms with Gasteiger partial charge in [-0.15, -0.1) is 10.2 Å². The van der Waals surface area contributed by atoms with E-state index in [4.69, 9.17) is 9.47 Å². The number of nitrogens with one attached hydrogen (secondary N) is 1. The number of hydrogen-bond donors (Lipinski definition) is 1. The molecule has 7 heteroatoms. The molecule has 0 unspecified atom stereocenters. The quantitative estimate of drug-likeness (QED) is 0.473. The molecule has 1 aromatic heterocycles. The number of hydrogen-bond acceptors (Lipinski definition) is 6. The summed E-state index contributed by atoms with van der Waals surface area (Å²) in [5.74, 6) is 1.44. The summed E-state index contributed by atoms with van der Waals surface area (Å²) in [5.41, 5.74) is 1.04. The van der Waals surface area contributed by atoms with Gasteiger partial charge in [0.05, 0.1) is 13.2 Å². The van der Waals surface area contributed by atoms with Gasteiger partial charge in [-0.3, -0.25) is 4.79 Å². The third-order valence-electron chi connectivity index (χ3n) is 4.16. The number of ether oxygens (including phenoxy) is 2. The van der Waals surface area contributed by atoms with Gasteiger partial charge < -0.3 is 14.8 Å². The molecule has 0 atom stereocenters. The largest absolute Gasteiger partial charge is 0.490 e. The maximum absolute atomic E-state index is 12.2. The molecular weight excluding hydrogens is 374 g/mol. The smallest absolute Gasteiger partial charge is 0.226 e. The number of rotatable bonds is 13. The van der Waals surface area contributed by atoms with Gasteiger partial charge in [0.15, 0.2) is 11.5 Å². The van der Waals surface area contributed by atoms with Crippen LogP contribution in [-0.2, 0) is 17.6 Å². The molecule has 0 fully saturated rings. The van der Waals surface area contributed by atoms with E-state index in [0.717, 1.165) is 54.2 Å². The Hall–Kier alpha value is -2.15. The molecule has 2 aromatic rings. The Kier molecular flexibility index (Phi) is 9.76. The van der Waals surface area contributed by atoms with Crippen molar-refractivity contribution >= 4 is 22.4 Å². The summed E-state index contributed by atoms with van der Waals surface area (Å²) in [5, 5.41) is 12.6. The van der Waals surface area contributed by atoms with Crippen molar-refractivity contribution in [2.45, 2.75) is 65.7 Å². The molecule has 0 bridgehead atoms. The Morgan fingerprint density at radius 3 is 2.61 bits per heavy atom. The van der Waals surface area contributed by atoms with Crippen LogP contribution in [0.1, 0.15) is 63.4 Å². The van der Waals surface area contributed by atoms with Crippen molar-refractivity contribution in [3.63, 3.8) is 0 Å². The fourth-order valence-corrected chi connectivity index (χ4v) is 3.39. The zero-order valence-electron chi connectivity index (χ0n) is 17.1. The molecule has 154 valence electrons. The number of carbonyl (C=O) groups excluding carboxylic acids is 1. The van der Waals surface area contributed by atoms with E-state index in [1.165, 1.54) is 11.3 Å². The first kappa shape index (κ1) is 22.1. The van der Waals surface area contributed by atoms with Crippen LogP contribution in [0.4, 0.5) is 5.13 Å². The second-order valence-electron chi connectivity index (χ2n) is 6.57. The van der Waals surface area contributed by atoms with Crippen molar-refractivity contribution < 1.29 is 14.3 Å². The average Bonchev–Trinajstić information content (AvgIpc) is 3.13. The van der Waals surface area contributed by atoms with Crippen LogP contribution in [-0.4, -0.2) is 29.3 Å². The molecule has 1 aromatic carbocycles. The molecule has 1 heterocycles. The summed E-state index contributed by atoms with van der Waals surface area (Å²) in [6.07, 6.45) is 6.23. The second kappa shape index (κ2) is 12.3. The van der Waals surface area contributed by atoms with Crippen LogP contribution in [0.2, 0.25) is 0 Å². The molecule has 0 aliphatic rings. The fourth-order valence-electron chi connectivity index (χ4n) is 2.59. The number of amides is 1. The van der Waals surface area contributed by atoms with Crippen LogP contribution < -0.4 is 14.8 Å². The third kappa shape index (κ3) is 7.46. The molecule has 0 aliphatic carbocycles. The van der Waals surface area contributed by atoms with E-state index >= 15 is 0 Å². The lowest BCUT2D eigenvalue weighted by Crippen LogP contribution is -2.12. The van der Waals surface area contributed by atoms with Gasteiger partial charge in [-0.25, -0.2) is 0 Å². The number of unbranched alkanes of at least 4 members (excludes halogenated alkanes) is 2. The predicted molar refractivity (Wildman–Crippen MR) is 113 cm³/mol. The van der Waals surface area contributed by atoms with Gasteiger partial charge in [0.1, 0.15) is 5.01 Å². The van der Waals surface area contributed by atoms with E-state index in [1.54, 1.807) is 0 Å². The lowest BCUT2D eigenvalue weighted by atomic mass is 10.1. The number of aryl methyl sites for hydroxylation is 2. The maximum Gasteiger partial charge on any atom is 0.226 e. The van der Waals surface area contributed by atoms with Gasteiger partial charge in [-0.1, -0.05) is 44.1 Å². The Morgan fingerprint density at radius 1 is 1.04 bits per heavy atom. The first-order valence-corrected chi connectivity index (χ1v) is 11.0. The number of nitrogens with zero attached hydrogens (tertiary/aromatic N) is 2. The molecule has 0 radical (unpaired) electrons. The van der Waals surface area contributed by atoms with Gasteiger partial charge in [-0.05, 0) is 43.9 Å². The van der Waals surface area contributed by atoms with Gasteiger partial charge >= 0.3 is 0 Å². The lowest BCUT2D eigenvalue weighted by Gasteiger charge is -2.13. The minimum atomic E-state index is -0.0561. The summed E-state index contributed by atoms with van der Waals surface area (Å²) in [4.78, 5) is 12.2. The Labute approximate surface area is 171 Å². The molecule has 2 rings (SSSR count). The maximum atomic E-state index is 12.2. The molecule has 0 spiro atoms. The van der Waals surface area contributed by atoms with E-state index in [1.807, 2.05) is 25.1 Å². The summed E-state index contributed by atoms with van der Waals surface area (Å²) >= 11 is 1.45. The Morgan fingerprint density at radius 2 is 1.86 bits per heavy atom. The molecule has 1 N–H and O–H groups in total. The molecule has 28 heavy (non-hydrogen) atoms. The summed E-state index contributed by atoms with van der Waals surface area (Å²) < 4.78 is 11.5. The van der Waals surface area contributed by atoms with Gasteiger partial charge in [-0.2, -0.15) is 0 Å². The summed E-state index contributed by atoms with van der Waals surface area (Å²) in [7, 11) is 0. The Bertz CT molecular complexity index is 733. The van der Waals surface area contributed by atoms with E-state index in [9.17, 15) is 4.79 Å². The highest BCUT2D eigenvalue weighted by Crippen LogP contribution is 2.29. The van der Waals surface area contributed by atoms with Crippen molar-refractivity contribution in [3.8, 4) is 11.5 Å². The van der Waals surface area contributed by atoms with Crippen molar-refractivity contribution in [1.29, 1.82) is 0 Å². The monoisotopic (exact) mass is 405 g/mol. The number of aromatic nitrogens is 2. The average molecular weight is 406 g/mol. The second-order valence-corrected chi connectivity index (χ2v) is 7.63. The molecule has 0 saturated carbocycles. The van der Waals surface area contributed by atoms with Crippen molar-refractivity contribution in [2.24, 2.45) is 0 Å². The summed E-state index contributed by atoms with van der Waals surface area (Å²) in [6.45, 7) is 7.48. The van der Waals surface area contributed by atoms with Crippen LogP contribution in [0, 0.1) is 0 Å².